The summed E-state index contributed by atoms with van der Waals surface area (Å²) in [5.41, 5.74) is 0.658. The van der Waals surface area contributed by atoms with Crippen molar-refractivity contribution in [3.8, 4) is 5.75 Å². The van der Waals surface area contributed by atoms with Crippen molar-refractivity contribution in [2.75, 3.05) is 18.5 Å². The van der Waals surface area contributed by atoms with Gasteiger partial charge in [0.2, 0.25) is 5.91 Å². The second kappa shape index (κ2) is 8.54. The van der Waals surface area contributed by atoms with Crippen molar-refractivity contribution in [3.05, 3.63) is 24.3 Å². The minimum atomic E-state index is -0.763. The standard InChI is InChI=1S/C20H28N2O4/c1-2-26-18-10-6-4-8-15(18)21-19(23)11-12-22-16-9-5-3-7-14(16)13-17(22)20(24)25/h4,6,8,10,14,16-17H,2-3,5,7,9,11-13H2,1H3,(H,21,23)(H,24,25). The van der Waals surface area contributed by atoms with Crippen LogP contribution in [-0.4, -0.2) is 47.1 Å². The Hall–Kier alpha value is -2.08. The molecule has 3 rings (SSSR count). The van der Waals surface area contributed by atoms with Crippen LogP contribution >= 0.6 is 0 Å². The number of ether oxygens (including phenoxy) is 1. The molecule has 1 heterocycles. The Morgan fingerprint density at radius 3 is 2.81 bits per heavy atom. The first kappa shape index (κ1) is 18.7. The fraction of sp³-hybridized carbons (Fsp3) is 0.600. The average molecular weight is 360 g/mol. The van der Waals surface area contributed by atoms with Gasteiger partial charge in [0.1, 0.15) is 11.8 Å². The number of benzene rings is 1. The molecule has 2 fully saturated rings. The van der Waals surface area contributed by atoms with Gasteiger partial charge in [-0.05, 0) is 44.2 Å². The van der Waals surface area contributed by atoms with Crippen molar-refractivity contribution >= 4 is 17.6 Å². The molecular weight excluding hydrogens is 332 g/mol. The van der Waals surface area contributed by atoms with E-state index in [4.69, 9.17) is 4.74 Å². The Morgan fingerprint density at radius 1 is 1.27 bits per heavy atom. The van der Waals surface area contributed by atoms with Crippen molar-refractivity contribution in [3.63, 3.8) is 0 Å². The highest BCUT2D eigenvalue weighted by Gasteiger charge is 2.44. The van der Waals surface area contributed by atoms with Crippen molar-refractivity contribution in [1.82, 2.24) is 4.90 Å². The van der Waals surface area contributed by atoms with Crippen molar-refractivity contribution in [1.29, 1.82) is 0 Å². The van der Waals surface area contributed by atoms with Gasteiger partial charge in [0.25, 0.3) is 0 Å². The van der Waals surface area contributed by atoms with E-state index in [9.17, 15) is 14.7 Å². The van der Waals surface area contributed by atoms with E-state index in [1.807, 2.05) is 31.2 Å². The molecule has 26 heavy (non-hydrogen) atoms. The first-order valence-corrected chi connectivity index (χ1v) is 9.60. The number of para-hydroxylation sites is 2. The highest BCUT2D eigenvalue weighted by Crippen LogP contribution is 2.39. The third kappa shape index (κ3) is 4.18. The van der Waals surface area contributed by atoms with E-state index in [0.717, 1.165) is 25.7 Å². The number of amides is 1. The summed E-state index contributed by atoms with van der Waals surface area (Å²) < 4.78 is 5.53. The molecule has 2 aliphatic rings. The zero-order valence-corrected chi connectivity index (χ0v) is 15.3. The molecule has 1 saturated heterocycles. The van der Waals surface area contributed by atoms with Crippen LogP contribution in [0.3, 0.4) is 0 Å². The molecule has 1 aliphatic heterocycles. The summed E-state index contributed by atoms with van der Waals surface area (Å²) in [6, 6.07) is 7.22. The molecule has 3 atom stereocenters. The van der Waals surface area contributed by atoms with Crippen LogP contribution in [0.25, 0.3) is 0 Å². The number of rotatable bonds is 7. The maximum absolute atomic E-state index is 12.4. The van der Waals surface area contributed by atoms with Crippen LogP contribution in [0.4, 0.5) is 5.69 Å². The van der Waals surface area contributed by atoms with Crippen molar-refractivity contribution in [2.45, 2.75) is 57.5 Å². The summed E-state index contributed by atoms with van der Waals surface area (Å²) in [6.07, 6.45) is 5.50. The lowest BCUT2D eigenvalue weighted by molar-refractivity contribution is -0.143. The van der Waals surface area contributed by atoms with E-state index in [2.05, 4.69) is 10.2 Å². The van der Waals surface area contributed by atoms with Gasteiger partial charge in [-0.1, -0.05) is 25.0 Å². The number of fused-ring (bicyclic) bond motifs is 1. The first-order valence-electron chi connectivity index (χ1n) is 9.60. The summed E-state index contributed by atoms with van der Waals surface area (Å²) in [5, 5.41) is 12.5. The molecule has 0 aromatic heterocycles. The lowest BCUT2D eigenvalue weighted by Crippen LogP contribution is -2.43. The second-order valence-corrected chi connectivity index (χ2v) is 7.17. The Balaban J connectivity index is 1.60. The van der Waals surface area contributed by atoms with Gasteiger partial charge in [-0.3, -0.25) is 14.5 Å². The average Bonchev–Trinajstić information content (AvgIpc) is 3.01. The number of carboxylic acids is 1. The molecule has 3 unspecified atom stereocenters. The summed E-state index contributed by atoms with van der Waals surface area (Å²) in [7, 11) is 0. The Kier molecular flexibility index (Phi) is 6.14. The predicted octanol–water partition coefficient (Wildman–Crippen LogP) is 3.13. The van der Waals surface area contributed by atoms with Crippen LogP contribution in [0.2, 0.25) is 0 Å². The van der Waals surface area contributed by atoms with Gasteiger partial charge in [0, 0.05) is 19.0 Å². The quantitative estimate of drug-likeness (QED) is 0.781. The Labute approximate surface area is 154 Å². The summed E-state index contributed by atoms with van der Waals surface area (Å²) in [5.74, 6) is 0.244. The number of likely N-dealkylation sites (tertiary alicyclic amines) is 1. The Morgan fingerprint density at radius 2 is 2.04 bits per heavy atom. The minimum absolute atomic E-state index is 0.111. The monoisotopic (exact) mass is 360 g/mol. The molecule has 1 amide bonds. The topological polar surface area (TPSA) is 78.9 Å². The molecule has 1 saturated carbocycles. The van der Waals surface area contributed by atoms with E-state index < -0.39 is 12.0 Å². The maximum Gasteiger partial charge on any atom is 0.320 e. The van der Waals surface area contributed by atoms with Crippen LogP contribution in [0.15, 0.2) is 24.3 Å². The fourth-order valence-electron chi connectivity index (χ4n) is 4.41. The van der Waals surface area contributed by atoms with Crippen LogP contribution in [-0.2, 0) is 9.59 Å². The third-order valence-corrected chi connectivity index (χ3v) is 5.56. The Bertz CT molecular complexity index is 648. The number of nitrogens with zero attached hydrogens (tertiary/aromatic N) is 1. The molecule has 1 aliphatic carbocycles. The molecule has 0 radical (unpaired) electrons. The van der Waals surface area contributed by atoms with Crippen LogP contribution in [0.5, 0.6) is 5.75 Å². The predicted molar refractivity (Wildman–Crippen MR) is 99.4 cm³/mol. The van der Waals surface area contributed by atoms with Gasteiger partial charge in [0.05, 0.1) is 12.3 Å². The third-order valence-electron chi connectivity index (χ3n) is 5.56. The highest BCUT2D eigenvalue weighted by molar-refractivity contribution is 5.92. The van der Waals surface area contributed by atoms with Gasteiger partial charge in [-0.25, -0.2) is 0 Å². The first-order chi connectivity index (χ1) is 12.6. The SMILES string of the molecule is CCOc1ccccc1NC(=O)CCN1C(C(=O)O)CC2CCCCC21. The molecule has 142 valence electrons. The molecule has 6 heteroatoms. The van der Waals surface area contributed by atoms with E-state index in [-0.39, 0.29) is 12.3 Å². The number of anilines is 1. The molecule has 0 bridgehead atoms. The van der Waals surface area contributed by atoms with Gasteiger partial charge < -0.3 is 15.2 Å². The molecule has 0 spiro atoms. The normalized spacial score (nSPS) is 25.5. The molecular formula is C20H28N2O4. The smallest absolute Gasteiger partial charge is 0.320 e. The number of hydrogen-bond donors (Lipinski definition) is 2. The lowest BCUT2D eigenvalue weighted by Gasteiger charge is -2.32. The molecule has 2 N–H and O–H groups in total. The number of carboxylic acid groups (broad SMARTS) is 1. The summed E-state index contributed by atoms with van der Waals surface area (Å²) in [6.45, 7) is 2.92. The van der Waals surface area contributed by atoms with Gasteiger partial charge in [-0.15, -0.1) is 0 Å². The van der Waals surface area contributed by atoms with Crippen molar-refractivity contribution < 1.29 is 19.4 Å². The summed E-state index contributed by atoms with van der Waals surface area (Å²) in [4.78, 5) is 26.1. The molecule has 1 aromatic rings. The number of nitrogens with one attached hydrogen (secondary N) is 1. The maximum atomic E-state index is 12.4. The fourth-order valence-corrected chi connectivity index (χ4v) is 4.41. The second-order valence-electron chi connectivity index (χ2n) is 7.17. The van der Waals surface area contributed by atoms with Crippen LogP contribution < -0.4 is 10.1 Å². The number of carbonyl (C=O) groups excluding carboxylic acids is 1. The highest BCUT2D eigenvalue weighted by atomic mass is 16.5. The van der Waals surface area contributed by atoms with E-state index in [1.54, 1.807) is 0 Å². The number of carbonyl (C=O) groups is 2. The summed E-state index contributed by atoms with van der Waals surface area (Å²) >= 11 is 0. The van der Waals surface area contributed by atoms with Crippen molar-refractivity contribution in [2.24, 2.45) is 5.92 Å². The van der Waals surface area contributed by atoms with E-state index in [1.165, 1.54) is 6.42 Å². The van der Waals surface area contributed by atoms with Crippen LogP contribution in [0.1, 0.15) is 45.4 Å². The number of aliphatic carboxylic acids is 1. The van der Waals surface area contributed by atoms with E-state index >= 15 is 0 Å². The largest absolute Gasteiger partial charge is 0.492 e. The van der Waals surface area contributed by atoms with Gasteiger partial charge in [0.15, 0.2) is 0 Å². The molecule has 6 nitrogen and oxygen atoms in total. The zero-order valence-electron chi connectivity index (χ0n) is 15.3. The lowest BCUT2D eigenvalue weighted by atomic mass is 9.85. The van der Waals surface area contributed by atoms with Crippen LogP contribution in [0, 0.1) is 5.92 Å². The van der Waals surface area contributed by atoms with Gasteiger partial charge >= 0.3 is 5.97 Å². The molecule has 1 aromatic carbocycles. The van der Waals surface area contributed by atoms with Gasteiger partial charge in [-0.2, -0.15) is 0 Å². The van der Waals surface area contributed by atoms with E-state index in [0.29, 0.717) is 36.5 Å². The zero-order chi connectivity index (χ0) is 18.5. The number of hydrogen-bond acceptors (Lipinski definition) is 4. The minimum Gasteiger partial charge on any atom is -0.492 e.